The van der Waals surface area contributed by atoms with Crippen LogP contribution in [0.25, 0.3) is 0 Å². The number of benzene rings is 2. The molecule has 6 rings (SSSR count). The van der Waals surface area contributed by atoms with Crippen molar-refractivity contribution in [3.8, 4) is 5.75 Å². The van der Waals surface area contributed by atoms with Crippen LogP contribution in [0.4, 0.5) is 10.5 Å². The summed E-state index contributed by atoms with van der Waals surface area (Å²) in [6.45, 7) is 1.77. The van der Waals surface area contributed by atoms with Crippen LogP contribution in [0.5, 0.6) is 5.75 Å². The number of carbonyl (C=O) groups is 5. The van der Waals surface area contributed by atoms with Crippen LogP contribution in [0.2, 0.25) is 0 Å². The Morgan fingerprint density at radius 2 is 1.70 bits per heavy atom. The van der Waals surface area contributed by atoms with Crippen molar-refractivity contribution >= 4 is 35.3 Å². The van der Waals surface area contributed by atoms with Gasteiger partial charge in [0.05, 0.1) is 28.9 Å². The van der Waals surface area contributed by atoms with Gasteiger partial charge in [-0.15, -0.1) is 0 Å². The second-order valence-electron chi connectivity index (χ2n) is 10.4. The van der Waals surface area contributed by atoms with Crippen LogP contribution in [-0.2, 0) is 19.2 Å². The van der Waals surface area contributed by atoms with E-state index in [1.165, 1.54) is 11.0 Å². The van der Waals surface area contributed by atoms with E-state index in [4.69, 9.17) is 5.73 Å². The fourth-order valence-electron chi connectivity index (χ4n) is 7.14. The fourth-order valence-corrected chi connectivity index (χ4v) is 7.14. The molecule has 188 valence electrons. The van der Waals surface area contributed by atoms with E-state index >= 15 is 0 Å². The van der Waals surface area contributed by atoms with Gasteiger partial charge in [0.15, 0.2) is 0 Å². The quantitative estimate of drug-likeness (QED) is 0.481. The van der Waals surface area contributed by atoms with Crippen LogP contribution in [0.15, 0.2) is 66.2 Å². The number of amides is 6. The lowest BCUT2D eigenvalue weighted by Crippen LogP contribution is -2.49. The number of primary amides is 1. The minimum absolute atomic E-state index is 0.0118. The molecule has 3 fully saturated rings. The molecular weight excluding hydrogens is 474 g/mol. The molecule has 6 unspecified atom stereocenters. The molecule has 6 atom stereocenters. The Labute approximate surface area is 212 Å². The molecule has 0 spiro atoms. The number of imide groups is 4. The number of nitrogens with two attached hydrogens (primary N) is 1. The summed E-state index contributed by atoms with van der Waals surface area (Å²) in [6, 6.07) is 14.2. The number of nitrogens with zero attached hydrogens (tertiary/aromatic N) is 2. The smallest absolute Gasteiger partial charge is 0.328 e. The first-order chi connectivity index (χ1) is 17.7. The summed E-state index contributed by atoms with van der Waals surface area (Å²) in [7, 11) is 0. The van der Waals surface area contributed by atoms with Crippen molar-refractivity contribution in [3.05, 3.63) is 71.8 Å². The van der Waals surface area contributed by atoms with Gasteiger partial charge in [-0.2, -0.15) is 4.90 Å². The molecule has 0 aromatic heterocycles. The van der Waals surface area contributed by atoms with Crippen molar-refractivity contribution in [2.75, 3.05) is 4.90 Å². The number of likely N-dealkylation sites (tertiary alicyclic amines) is 1. The minimum Gasteiger partial charge on any atom is -0.508 e. The number of phenols is 1. The fraction of sp³-hybridized carbons (Fsp3) is 0.321. The zero-order valence-corrected chi connectivity index (χ0v) is 20.0. The van der Waals surface area contributed by atoms with Crippen LogP contribution in [-0.4, -0.2) is 39.7 Å². The number of hydrogen-bond donors (Lipinski definition) is 2. The summed E-state index contributed by atoms with van der Waals surface area (Å²) in [5.41, 5.74) is 6.05. The maximum Gasteiger partial charge on any atom is 0.328 e. The maximum absolute atomic E-state index is 14.1. The van der Waals surface area contributed by atoms with E-state index in [1.807, 2.05) is 6.08 Å². The highest BCUT2D eigenvalue weighted by Crippen LogP contribution is 2.63. The van der Waals surface area contributed by atoms with Crippen LogP contribution in [0, 0.1) is 29.1 Å². The number of hydrogen-bond acceptors (Lipinski definition) is 6. The molecule has 0 radical (unpaired) electrons. The number of carbonyl (C=O) groups excluding carboxylic acids is 5. The van der Waals surface area contributed by atoms with Crippen LogP contribution in [0.3, 0.4) is 0 Å². The van der Waals surface area contributed by atoms with Crippen molar-refractivity contribution in [1.29, 1.82) is 0 Å². The summed E-state index contributed by atoms with van der Waals surface area (Å²) in [4.78, 5) is 67.9. The summed E-state index contributed by atoms with van der Waals surface area (Å²) in [5, 5.41) is 10.3. The third-order valence-corrected chi connectivity index (χ3v) is 8.71. The predicted molar refractivity (Wildman–Crippen MR) is 131 cm³/mol. The number of anilines is 1. The Hall–Kier alpha value is -4.27. The van der Waals surface area contributed by atoms with Crippen LogP contribution < -0.4 is 10.6 Å². The van der Waals surface area contributed by atoms with Gasteiger partial charge in [0.25, 0.3) is 0 Å². The highest BCUT2D eigenvalue weighted by Gasteiger charge is 2.67. The Kier molecular flexibility index (Phi) is 4.92. The number of rotatable bonds is 2. The number of urea groups is 1. The molecule has 0 bridgehead atoms. The van der Waals surface area contributed by atoms with Crippen molar-refractivity contribution in [2.24, 2.45) is 34.8 Å². The van der Waals surface area contributed by atoms with Crippen molar-refractivity contribution < 1.29 is 29.1 Å². The van der Waals surface area contributed by atoms with Crippen LogP contribution in [0.1, 0.15) is 31.2 Å². The second kappa shape index (κ2) is 7.86. The van der Waals surface area contributed by atoms with E-state index in [0.29, 0.717) is 16.2 Å². The highest BCUT2D eigenvalue weighted by atomic mass is 16.3. The molecule has 4 aliphatic rings. The lowest BCUT2D eigenvalue weighted by molar-refractivity contribution is -0.136. The molecular formula is C28H25N3O6. The summed E-state index contributed by atoms with van der Waals surface area (Å²) in [6.07, 6.45) is 2.27. The normalized spacial score (nSPS) is 32.7. The average molecular weight is 500 g/mol. The summed E-state index contributed by atoms with van der Waals surface area (Å²) >= 11 is 0. The lowest BCUT2D eigenvalue weighted by atomic mass is 9.51. The Morgan fingerprint density at radius 3 is 2.38 bits per heavy atom. The molecule has 37 heavy (non-hydrogen) atoms. The molecule has 3 N–H and O–H groups in total. The number of fused-ring (bicyclic) bond motifs is 4. The van der Waals surface area contributed by atoms with Crippen LogP contribution >= 0.6 is 0 Å². The lowest BCUT2D eigenvalue weighted by Gasteiger charge is -2.49. The molecule has 9 nitrogen and oxygen atoms in total. The van der Waals surface area contributed by atoms with Gasteiger partial charge >= 0.3 is 6.03 Å². The first-order valence-electron chi connectivity index (χ1n) is 12.3. The highest BCUT2D eigenvalue weighted by molar-refractivity contribution is 6.24. The number of para-hydroxylation sites is 1. The second-order valence-corrected chi connectivity index (χ2v) is 10.4. The Morgan fingerprint density at radius 1 is 0.973 bits per heavy atom. The summed E-state index contributed by atoms with van der Waals surface area (Å²) < 4.78 is 0. The first-order valence-corrected chi connectivity index (χ1v) is 12.3. The molecule has 2 heterocycles. The third kappa shape index (κ3) is 3.00. The van der Waals surface area contributed by atoms with Gasteiger partial charge in [-0.05, 0) is 55.5 Å². The maximum atomic E-state index is 14.1. The third-order valence-electron chi connectivity index (χ3n) is 8.71. The monoisotopic (exact) mass is 499 g/mol. The van der Waals surface area contributed by atoms with E-state index in [2.05, 4.69) is 0 Å². The van der Waals surface area contributed by atoms with Crippen molar-refractivity contribution in [2.45, 2.75) is 25.7 Å². The first kappa shape index (κ1) is 23.1. The number of allylic oxidation sites excluding steroid dienone is 2. The summed E-state index contributed by atoms with van der Waals surface area (Å²) in [5.74, 6) is -5.54. The SMILES string of the molecule is CC12C(=O)N(c3ccccc3)C(=O)C1CC1C(=CCC3C(=O)N(C(N)=O)C(=O)C31)C2c1cccc(O)c1. The number of phenolic OH excluding ortho intramolecular Hbond substituents is 1. The van der Waals surface area contributed by atoms with Gasteiger partial charge in [-0.3, -0.25) is 19.2 Å². The van der Waals surface area contributed by atoms with E-state index in [0.717, 1.165) is 5.57 Å². The van der Waals surface area contributed by atoms with Crippen molar-refractivity contribution in [3.63, 3.8) is 0 Å². The Bertz CT molecular complexity index is 1420. The molecule has 1 saturated carbocycles. The van der Waals surface area contributed by atoms with Crippen molar-refractivity contribution in [1.82, 2.24) is 4.90 Å². The van der Waals surface area contributed by atoms with E-state index in [9.17, 15) is 29.1 Å². The topological polar surface area (TPSA) is 138 Å². The predicted octanol–water partition coefficient (Wildman–Crippen LogP) is 2.70. The van der Waals surface area contributed by atoms with Gasteiger partial charge in [0.1, 0.15) is 5.75 Å². The molecule has 9 heteroatoms. The van der Waals surface area contributed by atoms with Gasteiger partial charge in [-0.1, -0.05) is 42.0 Å². The van der Waals surface area contributed by atoms with E-state index < -0.39 is 52.8 Å². The standard InChI is InChI=1S/C28H25N3O6/c1-28-20(24(34)30(26(28)36)15-7-3-2-4-8-15)13-19-17(22(28)14-6-5-9-16(32)12-14)10-11-18-21(19)25(35)31(23(18)33)27(29)37/h2-10,12,18-22,32H,11,13H2,1H3,(H2,29,37). The van der Waals surface area contributed by atoms with Gasteiger partial charge < -0.3 is 10.8 Å². The largest absolute Gasteiger partial charge is 0.508 e. The molecule has 2 aliphatic carbocycles. The molecule has 2 aromatic carbocycles. The Balaban J connectivity index is 1.53. The molecule has 2 aromatic rings. The zero-order valence-electron chi connectivity index (χ0n) is 20.0. The zero-order chi connectivity index (χ0) is 26.2. The average Bonchev–Trinajstić information content (AvgIpc) is 3.24. The van der Waals surface area contributed by atoms with E-state index in [-0.39, 0.29) is 30.4 Å². The van der Waals surface area contributed by atoms with E-state index in [1.54, 1.807) is 55.5 Å². The molecule has 2 saturated heterocycles. The van der Waals surface area contributed by atoms with Gasteiger partial charge in [-0.25, -0.2) is 9.69 Å². The molecule has 2 aliphatic heterocycles. The minimum atomic E-state index is -1.19. The van der Waals surface area contributed by atoms with Gasteiger partial charge in [0.2, 0.25) is 23.6 Å². The molecule has 6 amide bonds. The number of aromatic hydroxyl groups is 1. The van der Waals surface area contributed by atoms with Gasteiger partial charge in [0, 0.05) is 5.92 Å².